The molecule has 0 spiro atoms. The molecule has 0 aromatic heterocycles. The normalized spacial score (nSPS) is 20.5. The van der Waals surface area contributed by atoms with Gasteiger partial charge in [0.05, 0.1) is 5.30 Å². The van der Waals surface area contributed by atoms with E-state index in [1.807, 2.05) is 24.3 Å². The Balaban J connectivity index is 0.00000108. The molecule has 2 aromatic carbocycles. The Hall–Kier alpha value is 0.00143. The van der Waals surface area contributed by atoms with Gasteiger partial charge < -0.3 is 12.3 Å². The van der Waals surface area contributed by atoms with Gasteiger partial charge in [0.25, 0.3) is 0 Å². The minimum atomic E-state index is -3.71. The van der Waals surface area contributed by atoms with Crippen LogP contribution in [0.1, 0.15) is 2.85 Å². The maximum atomic E-state index is 12.0. The fourth-order valence-electron chi connectivity index (χ4n) is 1.90. The van der Waals surface area contributed by atoms with E-state index in [2.05, 4.69) is 0 Å². The Morgan fingerprint density at radius 2 is 1.59 bits per heavy atom. The van der Waals surface area contributed by atoms with E-state index in [1.54, 1.807) is 24.3 Å². The molecule has 1 unspecified atom stereocenters. The van der Waals surface area contributed by atoms with Crippen LogP contribution in [0.4, 0.5) is 0 Å². The van der Waals surface area contributed by atoms with Crippen LogP contribution in [0.2, 0.25) is 0 Å². The molecule has 1 heterocycles. The number of para-hydroxylation sites is 1. The van der Waals surface area contributed by atoms with Crippen LogP contribution in [0.5, 0.6) is 5.75 Å². The van der Waals surface area contributed by atoms with Crippen LogP contribution < -0.4 is 9.83 Å². The van der Waals surface area contributed by atoms with E-state index in [-0.39, 0.29) is 51.7 Å². The van der Waals surface area contributed by atoms with Gasteiger partial charge in [-0.15, -0.1) is 0 Å². The van der Waals surface area contributed by atoms with E-state index in [0.29, 0.717) is 11.1 Å². The number of rotatable bonds is 0. The summed E-state index contributed by atoms with van der Waals surface area (Å²) in [6.07, 6.45) is 0. The summed E-state index contributed by atoms with van der Waals surface area (Å²) in [5.41, 5.74) is 1.63. The van der Waals surface area contributed by atoms with Crippen molar-refractivity contribution in [3.63, 3.8) is 0 Å². The van der Waals surface area contributed by atoms with Crippen molar-refractivity contribution in [1.82, 2.24) is 0 Å². The molecule has 5 heteroatoms. The topological polar surface area (TPSA) is 46.5 Å². The zero-order chi connectivity index (χ0) is 11.2. The van der Waals surface area contributed by atoms with Crippen molar-refractivity contribution in [1.29, 1.82) is 0 Å². The number of fused-ring (bicyclic) bond motifs is 3. The van der Waals surface area contributed by atoms with Crippen LogP contribution in [0.25, 0.3) is 11.1 Å². The monoisotopic (exact) mass is 372 g/mol. The van der Waals surface area contributed by atoms with Gasteiger partial charge in [0.1, 0.15) is 5.75 Å². The summed E-state index contributed by atoms with van der Waals surface area (Å²) in [6, 6.07) is 14.3. The molecule has 3 nitrogen and oxygen atoms in total. The van der Waals surface area contributed by atoms with Gasteiger partial charge in [-0.2, -0.15) is 0 Å². The fraction of sp³-hybridized carbons (Fsp3) is 0. The van der Waals surface area contributed by atoms with Crippen LogP contribution in [0, 0.1) is 0 Å². The van der Waals surface area contributed by atoms with Gasteiger partial charge in [0.2, 0.25) is 0 Å². The minimum Gasteiger partial charge on any atom is -1.00 e. The number of hydrogen-bond acceptors (Lipinski definition) is 2. The molecule has 0 saturated carbocycles. The van der Waals surface area contributed by atoms with Crippen molar-refractivity contribution in [3.05, 3.63) is 48.5 Å². The molecule has 0 bridgehead atoms. The van der Waals surface area contributed by atoms with Crippen LogP contribution in [-0.2, 0) is 4.57 Å². The first kappa shape index (κ1) is 13.4. The Morgan fingerprint density at radius 3 is 2.35 bits per heavy atom. The maximum absolute atomic E-state index is 12.0. The first-order valence-corrected chi connectivity index (χ1v) is 6.48. The Morgan fingerprint density at radius 1 is 1.00 bits per heavy atom. The standard InChI is InChI=1S/C12H9O3P.Ba.2H/c13-16(14)12-8-4-2-6-10(12)9-5-1-3-7-11(9)15-16;;;/h1-8H,(H,13,14);;;/q;+2;2*-1. The summed E-state index contributed by atoms with van der Waals surface area (Å²) in [5, 5.41) is 0.369. The van der Waals surface area contributed by atoms with E-state index in [9.17, 15) is 9.46 Å². The largest absolute Gasteiger partial charge is 2.00 e. The molecule has 0 radical (unpaired) electrons. The van der Waals surface area contributed by atoms with Gasteiger partial charge in [-0.3, -0.25) is 0 Å². The van der Waals surface area contributed by atoms with Crippen molar-refractivity contribution in [2.24, 2.45) is 0 Å². The predicted octanol–water partition coefficient (Wildman–Crippen LogP) is 2.40. The van der Waals surface area contributed by atoms with Gasteiger partial charge in [-0.25, -0.2) is 4.57 Å². The van der Waals surface area contributed by atoms with E-state index >= 15 is 0 Å². The molecule has 0 amide bonds. The third kappa shape index (κ3) is 2.29. The summed E-state index contributed by atoms with van der Waals surface area (Å²) in [5.74, 6) is 0.465. The quantitative estimate of drug-likeness (QED) is 0.571. The molecule has 3 rings (SSSR count). The van der Waals surface area contributed by atoms with Crippen molar-refractivity contribution in [3.8, 4) is 16.9 Å². The van der Waals surface area contributed by atoms with E-state index in [0.717, 1.165) is 11.1 Å². The number of hydrogen-bond donors (Lipinski definition) is 1. The molecule has 2 aromatic rings. The predicted molar refractivity (Wildman–Crippen MR) is 69.9 cm³/mol. The second-order valence-electron chi connectivity index (χ2n) is 3.63. The summed E-state index contributed by atoms with van der Waals surface area (Å²) in [6.45, 7) is 0. The summed E-state index contributed by atoms with van der Waals surface area (Å²) < 4.78 is 17.1. The average Bonchev–Trinajstić information content (AvgIpc) is 2.29. The van der Waals surface area contributed by atoms with Gasteiger partial charge in [0, 0.05) is 11.1 Å². The van der Waals surface area contributed by atoms with E-state index in [4.69, 9.17) is 4.52 Å². The smallest absolute Gasteiger partial charge is 1.00 e. The number of benzene rings is 2. The third-order valence-corrected chi connectivity index (χ3v) is 4.05. The maximum Gasteiger partial charge on any atom is 2.00 e. The molecule has 1 aliphatic heterocycles. The summed E-state index contributed by atoms with van der Waals surface area (Å²) >= 11 is 0. The molecule has 1 aliphatic rings. The Bertz CT molecular complexity index is 621. The van der Waals surface area contributed by atoms with Gasteiger partial charge in [0.15, 0.2) is 0 Å². The second-order valence-corrected chi connectivity index (χ2v) is 5.33. The van der Waals surface area contributed by atoms with Gasteiger partial charge in [-0.1, -0.05) is 36.4 Å². The second kappa shape index (κ2) is 4.94. The van der Waals surface area contributed by atoms with Crippen molar-refractivity contribution >= 4 is 61.8 Å². The summed E-state index contributed by atoms with van der Waals surface area (Å²) in [7, 11) is -3.71. The van der Waals surface area contributed by atoms with E-state index in [1.165, 1.54) is 0 Å². The van der Waals surface area contributed by atoms with Crippen LogP contribution >= 0.6 is 7.60 Å². The Kier molecular flexibility index (Phi) is 3.90. The molecule has 84 valence electrons. The molecule has 17 heavy (non-hydrogen) atoms. The molecular formula is C12H11BaO3P. The van der Waals surface area contributed by atoms with Gasteiger partial charge in [-0.05, 0) is 12.1 Å². The molecule has 0 saturated heterocycles. The molecule has 0 aliphatic carbocycles. The zero-order valence-electron chi connectivity index (χ0n) is 11.0. The SMILES string of the molecule is O=P1(O)Oc2ccccc2-c2ccccc21.[Ba+2].[H-].[H-]. The Labute approximate surface area is 142 Å². The fourth-order valence-corrected chi connectivity index (χ4v) is 3.20. The van der Waals surface area contributed by atoms with Crippen molar-refractivity contribution in [2.45, 2.75) is 0 Å². The van der Waals surface area contributed by atoms with Crippen LogP contribution in [0.3, 0.4) is 0 Å². The first-order valence-electron chi connectivity index (χ1n) is 4.90. The van der Waals surface area contributed by atoms with Gasteiger partial charge >= 0.3 is 56.5 Å². The van der Waals surface area contributed by atoms with Crippen LogP contribution in [0.15, 0.2) is 48.5 Å². The first-order chi connectivity index (χ1) is 7.68. The zero-order valence-corrected chi connectivity index (χ0v) is 14.4. The minimum absolute atomic E-state index is 0. The van der Waals surface area contributed by atoms with Crippen molar-refractivity contribution in [2.75, 3.05) is 0 Å². The van der Waals surface area contributed by atoms with Crippen molar-refractivity contribution < 1.29 is 16.8 Å². The van der Waals surface area contributed by atoms with E-state index < -0.39 is 7.60 Å². The van der Waals surface area contributed by atoms with Crippen LogP contribution in [-0.4, -0.2) is 53.8 Å². The summed E-state index contributed by atoms with van der Waals surface area (Å²) in [4.78, 5) is 9.81. The average molecular weight is 372 g/mol. The molecular weight excluding hydrogens is 360 g/mol. The molecule has 0 fully saturated rings. The third-order valence-electron chi connectivity index (χ3n) is 2.61. The molecule has 1 N–H and O–H groups in total. The molecule has 1 atom stereocenters.